The molecular weight excluding hydrogens is 312 g/mol. The first-order valence-electron chi connectivity index (χ1n) is 10.7. The van der Waals surface area contributed by atoms with E-state index in [1.54, 1.807) is 0 Å². The maximum atomic E-state index is 11.9. The average molecular weight is 353 g/mol. The van der Waals surface area contributed by atoms with Crippen LogP contribution >= 0.6 is 0 Å². The Labute approximate surface area is 154 Å². The molecule has 0 aliphatic heterocycles. The third kappa shape index (κ3) is 10.5. The molecule has 0 unspecified atom stereocenters. The molecule has 0 saturated heterocycles. The van der Waals surface area contributed by atoms with Gasteiger partial charge in [0, 0.05) is 12.6 Å². The van der Waals surface area contributed by atoms with Crippen molar-refractivity contribution in [2.24, 2.45) is 5.92 Å². The Hall–Kier alpha value is -1.06. The van der Waals surface area contributed by atoms with Crippen LogP contribution in [-0.4, -0.2) is 24.4 Å². The van der Waals surface area contributed by atoms with Crippen LogP contribution in [0.1, 0.15) is 104 Å². The van der Waals surface area contributed by atoms with Gasteiger partial charge in [0.2, 0.25) is 0 Å². The van der Waals surface area contributed by atoms with E-state index >= 15 is 0 Å². The molecule has 0 aromatic heterocycles. The normalized spacial score (nSPS) is 20.2. The zero-order valence-electron chi connectivity index (χ0n) is 16.6. The van der Waals surface area contributed by atoms with Gasteiger partial charge >= 0.3 is 11.8 Å². The van der Waals surface area contributed by atoms with Crippen molar-refractivity contribution in [2.45, 2.75) is 110 Å². The first kappa shape index (κ1) is 22.0. The molecule has 1 aliphatic rings. The Bertz CT molecular complexity index is 371. The Kier molecular flexibility index (Phi) is 12.4. The van der Waals surface area contributed by atoms with Crippen molar-refractivity contribution >= 4 is 11.8 Å². The van der Waals surface area contributed by atoms with E-state index in [9.17, 15) is 9.59 Å². The third-order valence-corrected chi connectivity index (χ3v) is 5.45. The van der Waals surface area contributed by atoms with Gasteiger partial charge < -0.3 is 10.6 Å². The van der Waals surface area contributed by atoms with E-state index < -0.39 is 11.8 Å². The van der Waals surface area contributed by atoms with Gasteiger partial charge in [0.05, 0.1) is 0 Å². The number of carbonyl (C=O) groups excluding carboxylic acids is 2. The minimum atomic E-state index is -0.464. The Morgan fingerprint density at radius 2 is 1.36 bits per heavy atom. The fourth-order valence-corrected chi connectivity index (χ4v) is 3.66. The number of rotatable bonds is 12. The van der Waals surface area contributed by atoms with Gasteiger partial charge in [-0.1, -0.05) is 84.5 Å². The molecule has 0 aromatic rings. The molecule has 146 valence electrons. The largest absolute Gasteiger partial charge is 0.348 e. The van der Waals surface area contributed by atoms with Crippen LogP contribution in [-0.2, 0) is 9.59 Å². The highest BCUT2D eigenvalue weighted by Crippen LogP contribution is 2.23. The lowest BCUT2D eigenvalue weighted by Crippen LogP contribution is -2.47. The number of hydrogen-bond acceptors (Lipinski definition) is 2. The molecule has 2 atom stereocenters. The summed E-state index contributed by atoms with van der Waals surface area (Å²) in [6.45, 7) is 5.02. The Morgan fingerprint density at radius 1 is 0.800 bits per heavy atom. The van der Waals surface area contributed by atoms with Gasteiger partial charge in [-0.3, -0.25) is 9.59 Å². The summed E-state index contributed by atoms with van der Waals surface area (Å²) in [7, 11) is 0. The van der Waals surface area contributed by atoms with E-state index in [1.165, 1.54) is 57.8 Å². The lowest BCUT2D eigenvalue weighted by Gasteiger charge is -2.29. The number of hydrogen-bond donors (Lipinski definition) is 2. The molecule has 25 heavy (non-hydrogen) atoms. The Balaban J connectivity index is 1.95. The summed E-state index contributed by atoms with van der Waals surface area (Å²) in [6.07, 6.45) is 17.3. The third-order valence-electron chi connectivity index (χ3n) is 5.45. The molecule has 4 nitrogen and oxygen atoms in total. The zero-order chi connectivity index (χ0) is 18.3. The average Bonchev–Trinajstić information content (AvgIpc) is 2.61. The van der Waals surface area contributed by atoms with Crippen molar-refractivity contribution in [3.8, 4) is 0 Å². The van der Waals surface area contributed by atoms with Gasteiger partial charge in [0.1, 0.15) is 0 Å². The van der Waals surface area contributed by atoms with Crippen molar-refractivity contribution in [3.05, 3.63) is 0 Å². The summed E-state index contributed by atoms with van der Waals surface area (Å²) < 4.78 is 0. The summed E-state index contributed by atoms with van der Waals surface area (Å²) >= 11 is 0. The van der Waals surface area contributed by atoms with Crippen LogP contribution in [0.3, 0.4) is 0 Å². The van der Waals surface area contributed by atoms with Gasteiger partial charge in [-0.2, -0.15) is 0 Å². The van der Waals surface area contributed by atoms with Crippen molar-refractivity contribution in [2.75, 3.05) is 6.54 Å². The van der Waals surface area contributed by atoms with Gasteiger partial charge in [0.25, 0.3) is 0 Å². The standard InChI is InChI=1S/C21H40N2O2/c1-3-4-5-6-7-8-9-10-11-14-17-22-20(24)21(25)23-19-16-13-12-15-18(19)2/h18-19H,3-17H2,1-2H3,(H,22,24)(H,23,25)/t18-,19+/m1/s1. The number of unbranched alkanes of at least 4 members (excludes halogenated alkanes) is 9. The van der Waals surface area contributed by atoms with Crippen LogP contribution < -0.4 is 10.6 Å². The van der Waals surface area contributed by atoms with Gasteiger partial charge in [-0.25, -0.2) is 0 Å². The minimum absolute atomic E-state index is 0.171. The molecule has 2 N–H and O–H groups in total. The van der Waals surface area contributed by atoms with Gasteiger partial charge in [0.15, 0.2) is 0 Å². The fourth-order valence-electron chi connectivity index (χ4n) is 3.66. The smallest absolute Gasteiger partial charge is 0.309 e. The summed E-state index contributed by atoms with van der Waals surface area (Å²) in [5, 5.41) is 5.67. The second-order valence-corrected chi connectivity index (χ2v) is 7.78. The molecule has 1 rings (SSSR count). The number of carbonyl (C=O) groups is 2. The highest BCUT2D eigenvalue weighted by molar-refractivity contribution is 6.35. The summed E-state index contributed by atoms with van der Waals surface area (Å²) in [4.78, 5) is 23.8. The molecule has 0 spiro atoms. The second-order valence-electron chi connectivity index (χ2n) is 7.78. The van der Waals surface area contributed by atoms with Crippen molar-refractivity contribution in [3.63, 3.8) is 0 Å². The van der Waals surface area contributed by atoms with E-state index in [2.05, 4.69) is 24.5 Å². The lowest BCUT2D eigenvalue weighted by molar-refractivity contribution is -0.140. The Morgan fingerprint density at radius 3 is 1.96 bits per heavy atom. The molecule has 1 fully saturated rings. The van der Waals surface area contributed by atoms with E-state index in [0.717, 1.165) is 32.1 Å². The minimum Gasteiger partial charge on any atom is -0.348 e. The predicted molar refractivity (Wildman–Crippen MR) is 104 cm³/mol. The van der Waals surface area contributed by atoms with Crippen molar-refractivity contribution in [1.82, 2.24) is 10.6 Å². The first-order valence-corrected chi connectivity index (χ1v) is 10.7. The zero-order valence-corrected chi connectivity index (χ0v) is 16.6. The van der Waals surface area contributed by atoms with Crippen LogP contribution in [0, 0.1) is 5.92 Å². The topological polar surface area (TPSA) is 58.2 Å². The molecule has 2 amide bonds. The maximum Gasteiger partial charge on any atom is 0.309 e. The fraction of sp³-hybridized carbons (Fsp3) is 0.905. The van der Waals surface area contributed by atoms with Crippen LogP contribution in [0.25, 0.3) is 0 Å². The van der Waals surface area contributed by atoms with Crippen LogP contribution in [0.5, 0.6) is 0 Å². The number of nitrogens with one attached hydrogen (secondary N) is 2. The SMILES string of the molecule is CCCCCCCCCCCCNC(=O)C(=O)N[C@H]1CCCC[C@H]1C. The van der Waals surface area contributed by atoms with E-state index in [0.29, 0.717) is 12.5 Å². The molecule has 0 heterocycles. The molecule has 0 bridgehead atoms. The monoisotopic (exact) mass is 352 g/mol. The van der Waals surface area contributed by atoms with Crippen LogP contribution in [0.15, 0.2) is 0 Å². The molecule has 4 heteroatoms. The van der Waals surface area contributed by atoms with E-state index in [-0.39, 0.29) is 6.04 Å². The first-order chi connectivity index (χ1) is 12.1. The van der Waals surface area contributed by atoms with E-state index in [1.807, 2.05) is 0 Å². The van der Waals surface area contributed by atoms with Crippen molar-refractivity contribution in [1.29, 1.82) is 0 Å². The van der Waals surface area contributed by atoms with Gasteiger partial charge in [-0.15, -0.1) is 0 Å². The number of amides is 2. The van der Waals surface area contributed by atoms with Crippen LogP contribution in [0.2, 0.25) is 0 Å². The highest BCUT2D eigenvalue weighted by Gasteiger charge is 2.25. The highest BCUT2D eigenvalue weighted by atomic mass is 16.2. The lowest BCUT2D eigenvalue weighted by atomic mass is 9.86. The van der Waals surface area contributed by atoms with E-state index in [4.69, 9.17) is 0 Å². The summed E-state index contributed by atoms with van der Waals surface area (Å²) in [5.41, 5.74) is 0. The molecule has 0 aromatic carbocycles. The maximum absolute atomic E-state index is 11.9. The summed E-state index contributed by atoms with van der Waals surface area (Å²) in [5.74, 6) is -0.438. The molecular formula is C21H40N2O2. The molecule has 1 saturated carbocycles. The van der Waals surface area contributed by atoms with Gasteiger partial charge in [-0.05, 0) is 25.2 Å². The second kappa shape index (κ2) is 14.1. The summed E-state index contributed by atoms with van der Waals surface area (Å²) in [6, 6.07) is 0.171. The predicted octanol–water partition coefficient (Wildman–Crippen LogP) is 4.72. The van der Waals surface area contributed by atoms with Crippen molar-refractivity contribution < 1.29 is 9.59 Å². The van der Waals surface area contributed by atoms with Crippen LogP contribution in [0.4, 0.5) is 0 Å². The molecule has 0 radical (unpaired) electrons. The molecule has 1 aliphatic carbocycles. The quantitative estimate of drug-likeness (QED) is 0.394.